The average molecular weight is 258 g/mol. The fraction of sp³-hybridized carbons (Fsp3) is 0.167. The number of benzene rings is 1. The molecule has 0 bridgehead atoms. The van der Waals surface area contributed by atoms with Gasteiger partial charge in [0.25, 0.3) is 0 Å². The second-order valence-corrected chi connectivity index (χ2v) is 4.07. The molecule has 0 amide bonds. The first kappa shape index (κ1) is 11.4. The molecule has 2 aliphatic rings. The lowest BCUT2D eigenvalue weighted by Crippen LogP contribution is -2.42. The highest BCUT2D eigenvalue weighted by atomic mass is 16.5. The minimum absolute atomic E-state index is 0.102. The van der Waals surface area contributed by atoms with Crippen LogP contribution in [0, 0.1) is 5.21 Å². The minimum atomic E-state index is -0.755. The van der Waals surface area contributed by atoms with Gasteiger partial charge in [0.2, 0.25) is 11.3 Å². The van der Waals surface area contributed by atoms with E-state index in [1.165, 1.54) is 0 Å². The molecule has 2 aliphatic heterocycles. The van der Waals surface area contributed by atoms with Crippen LogP contribution in [-0.2, 0) is 6.54 Å². The maximum Gasteiger partial charge on any atom is 0.350 e. The van der Waals surface area contributed by atoms with Crippen LogP contribution in [0.1, 0.15) is 6.92 Å². The van der Waals surface area contributed by atoms with E-state index in [0.29, 0.717) is 22.3 Å². The molecule has 3 rings (SSSR count). The van der Waals surface area contributed by atoms with Gasteiger partial charge >= 0.3 is 16.9 Å². The Hall–Kier alpha value is -2.70. The van der Waals surface area contributed by atoms with Crippen molar-refractivity contribution < 1.29 is 4.73 Å². The van der Waals surface area contributed by atoms with E-state index >= 15 is 0 Å². The second-order valence-electron chi connectivity index (χ2n) is 4.07. The fourth-order valence-electron chi connectivity index (χ4n) is 2.22. The molecular formula is C12H10N4O3. The Labute approximate surface area is 106 Å². The van der Waals surface area contributed by atoms with E-state index in [9.17, 15) is 14.8 Å². The molecule has 0 fully saturated rings. The van der Waals surface area contributed by atoms with Crippen LogP contribution in [0.2, 0.25) is 0 Å². The van der Waals surface area contributed by atoms with Crippen LogP contribution >= 0.6 is 0 Å². The highest BCUT2D eigenvalue weighted by molar-refractivity contribution is 5.75. The van der Waals surface area contributed by atoms with Crippen LogP contribution in [0.3, 0.4) is 0 Å². The van der Waals surface area contributed by atoms with E-state index in [1.54, 1.807) is 28.8 Å². The smallest absolute Gasteiger partial charge is 0.350 e. The number of nitrogens with one attached hydrogen (secondary N) is 1. The Morgan fingerprint density at radius 3 is 2.84 bits per heavy atom. The van der Waals surface area contributed by atoms with Crippen molar-refractivity contribution in [1.82, 2.24) is 14.5 Å². The van der Waals surface area contributed by atoms with Crippen LogP contribution in [-0.4, -0.2) is 14.5 Å². The summed E-state index contributed by atoms with van der Waals surface area (Å²) in [7, 11) is 0. The molecule has 2 heterocycles. The summed E-state index contributed by atoms with van der Waals surface area (Å²) in [6.07, 6.45) is 0. The fourth-order valence-corrected chi connectivity index (χ4v) is 2.22. The van der Waals surface area contributed by atoms with Crippen molar-refractivity contribution in [2.75, 3.05) is 0 Å². The molecule has 0 unspecified atom stereocenters. The highest BCUT2D eigenvalue weighted by Gasteiger charge is 2.26. The molecule has 0 spiro atoms. The zero-order valence-electron chi connectivity index (χ0n) is 10.1. The van der Waals surface area contributed by atoms with Crippen molar-refractivity contribution in [3.8, 4) is 11.5 Å². The van der Waals surface area contributed by atoms with Gasteiger partial charge in [0.15, 0.2) is 0 Å². The highest BCUT2D eigenvalue weighted by Crippen LogP contribution is 2.18. The SMILES string of the molecule is CCn1c2nc(=O)[nH]c(=O)c-2[n+]([O-])c2ccccc21. The van der Waals surface area contributed by atoms with Crippen molar-refractivity contribution in [2.24, 2.45) is 0 Å². The second kappa shape index (κ2) is 3.91. The van der Waals surface area contributed by atoms with Crippen LogP contribution in [0.15, 0.2) is 33.9 Å². The molecule has 19 heavy (non-hydrogen) atoms. The summed E-state index contributed by atoms with van der Waals surface area (Å²) in [6, 6.07) is 6.87. The average Bonchev–Trinajstić information content (AvgIpc) is 2.38. The number of aryl methyl sites for hydroxylation is 1. The number of H-pyrrole nitrogens is 1. The molecule has 0 saturated carbocycles. The number of hydrogen-bond donors (Lipinski definition) is 1. The Balaban J connectivity index is 2.69. The summed E-state index contributed by atoms with van der Waals surface area (Å²) in [4.78, 5) is 28.9. The minimum Gasteiger partial charge on any atom is -0.618 e. The molecule has 1 aromatic carbocycles. The summed E-state index contributed by atoms with van der Waals surface area (Å²) in [5.41, 5.74) is -0.638. The summed E-state index contributed by atoms with van der Waals surface area (Å²) < 4.78 is 2.19. The first-order valence-corrected chi connectivity index (χ1v) is 5.78. The normalized spacial score (nSPS) is 11.2. The molecule has 1 N–H and O–H groups in total. The monoisotopic (exact) mass is 258 g/mol. The van der Waals surface area contributed by atoms with Crippen molar-refractivity contribution >= 4 is 11.0 Å². The Kier molecular flexibility index (Phi) is 2.34. The predicted molar refractivity (Wildman–Crippen MR) is 67.9 cm³/mol. The molecule has 0 radical (unpaired) electrons. The summed E-state index contributed by atoms with van der Waals surface area (Å²) in [6.45, 7) is 2.35. The predicted octanol–water partition coefficient (Wildman–Crippen LogP) is -0.157. The van der Waals surface area contributed by atoms with E-state index in [-0.39, 0.29) is 11.5 Å². The number of fused-ring (bicyclic) bond motifs is 2. The number of aromatic amines is 1. The molecule has 7 nitrogen and oxygen atoms in total. The van der Waals surface area contributed by atoms with E-state index in [1.807, 2.05) is 11.9 Å². The van der Waals surface area contributed by atoms with Crippen LogP contribution in [0.4, 0.5) is 0 Å². The third kappa shape index (κ3) is 1.51. The van der Waals surface area contributed by atoms with Crippen molar-refractivity contribution in [3.05, 3.63) is 50.3 Å². The van der Waals surface area contributed by atoms with Gasteiger partial charge in [0, 0.05) is 12.6 Å². The van der Waals surface area contributed by atoms with Crippen molar-refractivity contribution in [3.63, 3.8) is 0 Å². The Morgan fingerprint density at radius 1 is 1.37 bits per heavy atom. The maximum atomic E-state index is 12.2. The van der Waals surface area contributed by atoms with Gasteiger partial charge in [0.1, 0.15) is 5.52 Å². The molecule has 0 saturated heterocycles. The Bertz CT molecular complexity index is 865. The number of aromatic nitrogens is 4. The topological polar surface area (TPSA) is 94.7 Å². The molecule has 7 heteroatoms. The quantitative estimate of drug-likeness (QED) is 0.373. The van der Waals surface area contributed by atoms with Crippen LogP contribution in [0.5, 0.6) is 0 Å². The van der Waals surface area contributed by atoms with Gasteiger partial charge < -0.3 is 9.77 Å². The van der Waals surface area contributed by atoms with Crippen molar-refractivity contribution in [2.45, 2.75) is 13.5 Å². The third-order valence-electron chi connectivity index (χ3n) is 3.02. The first-order chi connectivity index (χ1) is 9.13. The lowest BCUT2D eigenvalue weighted by atomic mass is 10.2. The van der Waals surface area contributed by atoms with Crippen LogP contribution < -0.4 is 16.0 Å². The zero-order chi connectivity index (χ0) is 13.6. The van der Waals surface area contributed by atoms with Gasteiger partial charge in [-0.15, -0.1) is 0 Å². The number of hydrogen-bond acceptors (Lipinski definition) is 4. The van der Waals surface area contributed by atoms with E-state index < -0.39 is 11.2 Å². The largest absolute Gasteiger partial charge is 0.618 e. The van der Waals surface area contributed by atoms with Gasteiger partial charge in [-0.3, -0.25) is 9.78 Å². The van der Waals surface area contributed by atoms with Gasteiger partial charge in [-0.05, 0) is 13.0 Å². The zero-order valence-corrected chi connectivity index (χ0v) is 10.1. The maximum absolute atomic E-state index is 12.2. The number of nitrogens with zero attached hydrogens (tertiary/aromatic N) is 3. The Morgan fingerprint density at radius 2 is 2.11 bits per heavy atom. The summed E-state index contributed by atoms with van der Waals surface area (Å²) in [5.74, 6) is 0.102. The molecule has 0 aliphatic carbocycles. The van der Waals surface area contributed by atoms with Gasteiger partial charge in [0.05, 0.1) is 0 Å². The van der Waals surface area contributed by atoms with Gasteiger partial charge in [-0.1, -0.05) is 12.1 Å². The van der Waals surface area contributed by atoms with Crippen LogP contribution in [0.25, 0.3) is 22.6 Å². The van der Waals surface area contributed by atoms with E-state index in [0.717, 1.165) is 0 Å². The summed E-state index contributed by atoms with van der Waals surface area (Å²) >= 11 is 0. The van der Waals surface area contributed by atoms with Gasteiger partial charge in [-0.25, -0.2) is 4.79 Å². The van der Waals surface area contributed by atoms with E-state index in [4.69, 9.17) is 0 Å². The summed E-state index contributed by atoms with van der Waals surface area (Å²) in [5, 5.41) is 12.2. The molecule has 1 aromatic rings. The standard InChI is InChI=1S/C12H10N4O3/c1-2-15-7-5-3-4-6-8(7)16(19)9-10(15)13-12(18)14-11(9)17/h3-6H,2H2,1H3,(H,14,17,18). The van der Waals surface area contributed by atoms with E-state index in [2.05, 4.69) is 4.98 Å². The molecule has 96 valence electrons. The lowest BCUT2D eigenvalue weighted by molar-refractivity contribution is -0.566. The first-order valence-electron chi connectivity index (χ1n) is 5.78. The lowest BCUT2D eigenvalue weighted by Gasteiger charge is -2.15. The number of para-hydroxylation sites is 2. The number of rotatable bonds is 1. The molecule has 0 aromatic heterocycles. The molecule has 0 atom stereocenters. The van der Waals surface area contributed by atoms with Gasteiger partial charge in [-0.2, -0.15) is 9.71 Å². The van der Waals surface area contributed by atoms with Crippen molar-refractivity contribution in [1.29, 1.82) is 0 Å². The molecular weight excluding hydrogens is 248 g/mol. The third-order valence-corrected chi connectivity index (χ3v) is 3.02.